The van der Waals surface area contributed by atoms with Crippen molar-refractivity contribution in [1.29, 1.82) is 0 Å². The molecule has 0 spiro atoms. The first kappa shape index (κ1) is 22.2. The van der Waals surface area contributed by atoms with E-state index in [9.17, 15) is 13.6 Å². The fourth-order valence-corrected chi connectivity index (χ4v) is 5.13. The molecule has 34 heavy (non-hydrogen) atoms. The topological polar surface area (TPSA) is 110 Å². The fraction of sp³-hybridized carbons (Fsp3) is 0.208. The lowest BCUT2D eigenvalue weighted by Gasteiger charge is -2.34. The Morgan fingerprint density at radius 3 is 2.68 bits per heavy atom. The molecule has 5 rings (SSSR count). The van der Waals surface area contributed by atoms with E-state index in [2.05, 4.69) is 20.2 Å². The van der Waals surface area contributed by atoms with Crippen LogP contribution in [-0.2, 0) is 0 Å². The number of hydrogen-bond donors (Lipinski definition) is 3. The van der Waals surface area contributed by atoms with Crippen molar-refractivity contribution in [2.75, 3.05) is 29.0 Å². The van der Waals surface area contributed by atoms with Crippen molar-refractivity contribution in [3.63, 3.8) is 0 Å². The van der Waals surface area contributed by atoms with Gasteiger partial charge in [0, 0.05) is 24.5 Å². The fourth-order valence-electron chi connectivity index (χ4n) is 4.26. The van der Waals surface area contributed by atoms with Crippen LogP contribution in [0.15, 0.2) is 48.7 Å². The lowest BCUT2D eigenvalue weighted by Crippen LogP contribution is -2.43. The largest absolute Gasteiger partial charge is 0.389 e. The van der Waals surface area contributed by atoms with Crippen LogP contribution < -0.4 is 21.7 Å². The molecular formula is C24H22F2N6OS. The highest BCUT2D eigenvalue weighted by Gasteiger charge is 2.25. The zero-order valence-corrected chi connectivity index (χ0v) is 18.9. The second-order valence-corrected chi connectivity index (χ2v) is 9.20. The van der Waals surface area contributed by atoms with E-state index in [1.807, 2.05) is 24.3 Å². The lowest BCUT2D eigenvalue weighted by atomic mass is 10.0. The van der Waals surface area contributed by atoms with Gasteiger partial charge in [0.2, 0.25) is 0 Å². The van der Waals surface area contributed by atoms with Crippen molar-refractivity contribution in [1.82, 2.24) is 9.97 Å². The molecule has 7 nitrogen and oxygen atoms in total. The maximum atomic E-state index is 14.2. The minimum Gasteiger partial charge on any atom is -0.389 e. The number of nitrogens with two attached hydrogens (primary N) is 2. The summed E-state index contributed by atoms with van der Waals surface area (Å²) in [6.07, 6.45) is 3.46. The third kappa shape index (κ3) is 4.06. The number of carbonyl (C=O) groups is 1. The molecule has 1 atom stereocenters. The highest BCUT2D eigenvalue weighted by Crippen LogP contribution is 2.37. The van der Waals surface area contributed by atoms with E-state index in [0.29, 0.717) is 12.2 Å². The third-order valence-corrected chi connectivity index (χ3v) is 6.72. The van der Waals surface area contributed by atoms with Crippen molar-refractivity contribution >= 4 is 44.5 Å². The van der Waals surface area contributed by atoms with Crippen LogP contribution in [0, 0.1) is 11.6 Å². The van der Waals surface area contributed by atoms with Crippen LogP contribution in [0.25, 0.3) is 21.5 Å². The summed E-state index contributed by atoms with van der Waals surface area (Å²) in [5.41, 5.74) is 13.9. The van der Waals surface area contributed by atoms with Crippen molar-refractivity contribution in [3.8, 4) is 10.6 Å². The number of anilines is 3. The minimum absolute atomic E-state index is 0.00267. The molecule has 0 bridgehead atoms. The molecule has 1 aliphatic heterocycles. The Morgan fingerprint density at radius 2 is 1.91 bits per heavy atom. The van der Waals surface area contributed by atoms with E-state index in [1.165, 1.54) is 6.07 Å². The van der Waals surface area contributed by atoms with E-state index in [4.69, 9.17) is 11.5 Å². The number of fused-ring (bicyclic) bond motifs is 1. The number of carbonyl (C=O) groups excluding carboxylic acids is 1. The normalized spacial score (nSPS) is 16.1. The van der Waals surface area contributed by atoms with Crippen molar-refractivity contribution in [3.05, 3.63) is 66.0 Å². The molecule has 5 N–H and O–H groups in total. The first-order valence-corrected chi connectivity index (χ1v) is 11.6. The molecule has 0 radical (unpaired) electrons. The second kappa shape index (κ2) is 8.96. The van der Waals surface area contributed by atoms with Crippen molar-refractivity contribution in [2.24, 2.45) is 5.73 Å². The van der Waals surface area contributed by atoms with Crippen LogP contribution in [0.4, 0.5) is 25.2 Å². The van der Waals surface area contributed by atoms with E-state index in [0.717, 1.165) is 59.4 Å². The van der Waals surface area contributed by atoms with Crippen molar-refractivity contribution < 1.29 is 13.6 Å². The summed E-state index contributed by atoms with van der Waals surface area (Å²) in [4.78, 5) is 24.0. The van der Waals surface area contributed by atoms with Gasteiger partial charge >= 0.3 is 0 Å². The maximum Gasteiger partial charge on any atom is 0.277 e. The quantitative estimate of drug-likeness (QED) is 0.399. The molecule has 1 fully saturated rings. The molecule has 2 aromatic heterocycles. The monoisotopic (exact) mass is 480 g/mol. The van der Waals surface area contributed by atoms with Crippen LogP contribution in [0.1, 0.15) is 23.3 Å². The van der Waals surface area contributed by atoms with Gasteiger partial charge in [-0.05, 0) is 31.0 Å². The summed E-state index contributed by atoms with van der Waals surface area (Å²) in [7, 11) is 0. The highest BCUT2D eigenvalue weighted by atomic mass is 32.1. The van der Waals surface area contributed by atoms with E-state index < -0.39 is 17.5 Å². The number of amides is 1. The third-order valence-electron chi connectivity index (χ3n) is 5.81. The Hall–Kier alpha value is -3.63. The van der Waals surface area contributed by atoms with Gasteiger partial charge in [0.15, 0.2) is 5.69 Å². The Balaban J connectivity index is 1.52. The average molecular weight is 481 g/mol. The van der Waals surface area contributed by atoms with Crippen LogP contribution in [0.2, 0.25) is 0 Å². The molecule has 3 heterocycles. The average Bonchev–Trinajstić information content (AvgIpc) is 3.20. The number of nitrogens with one attached hydrogen (secondary N) is 1. The lowest BCUT2D eigenvalue weighted by molar-refractivity contribution is 0.102. The SMILES string of the molecule is Nc1sc(-c2c(F)cccc2F)nc1C(=O)Nc1cnc2ccccc2c1N1CCCC(N)C1. The number of benzene rings is 2. The van der Waals surface area contributed by atoms with Crippen molar-refractivity contribution in [2.45, 2.75) is 18.9 Å². The van der Waals surface area contributed by atoms with Gasteiger partial charge in [0.25, 0.3) is 5.91 Å². The smallest absolute Gasteiger partial charge is 0.277 e. The molecule has 174 valence electrons. The van der Waals surface area contributed by atoms with Gasteiger partial charge in [0.1, 0.15) is 21.6 Å². The highest BCUT2D eigenvalue weighted by molar-refractivity contribution is 7.19. The molecule has 10 heteroatoms. The standard InChI is InChI=1S/C24H22F2N6OS/c25-15-7-3-8-16(26)19(15)24-31-20(22(28)34-24)23(33)30-18-11-29-17-9-2-1-6-14(17)21(18)32-10-4-5-13(27)12-32/h1-3,6-9,11,13H,4-5,10,12,27-28H2,(H,30,33). The van der Waals surface area contributed by atoms with E-state index in [-0.39, 0.29) is 27.3 Å². The zero-order valence-electron chi connectivity index (χ0n) is 18.1. The summed E-state index contributed by atoms with van der Waals surface area (Å²) in [5, 5.41) is 3.80. The van der Waals surface area contributed by atoms with Gasteiger partial charge in [-0.25, -0.2) is 13.8 Å². The molecule has 1 unspecified atom stereocenters. The number of thiazole rings is 1. The number of hydrogen-bond acceptors (Lipinski definition) is 7. The Kier molecular flexibility index (Phi) is 5.84. The summed E-state index contributed by atoms with van der Waals surface area (Å²) >= 11 is 0.853. The predicted molar refractivity (Wildman–Crippen MR) is 131 cm³/mol. The molecule has 0 aliphatic carbocycles. The van der Waals surface area contributed by atoms with Crippen LogP contribution in [0.5, 0.6) is 0 Å². The van der Waals surface area contributed by atoms with Gasteiger partial charge in [-0.2, -0.15) is 0 Å². The minimum atomic E-state index is -0.775. The van der Waals surface area contributed by atoms with E-state index in [1.54, 1.807) is 6.20 Å². The number of nitrogen functional groups attached to an aromatic ring is 1. The molecule has 4 aromatic rings. The molecule has 0 saturated carbocycles. The molecule has 2 aromatic carbocycles. The molecular weight excluding hydrogens is 458 g/mol. The number of nitrogens with zero attached hydrogens (tertiary/aromatic N) is 3. The summed E-state index contributed by atoms with van der Waals surface area (Å²) < 4.78 is 28.5. The van der Waals surface area contributed by atoms with Gasteiger partial charge in [-0.3, -0.25) is 9.78 Å². The Morgan fingerprint density at radius 1 is 1.15 bits per heavy atom. The zero-order chi connectivity index (χ0) is 23.8. The van der Waals surface area contributed by atoms with Crippen LogP contribution >= 0.6 is 11.3 Å². The number of aromatic nitrogens is 2. The molecule has 1 aliphatic rings. The van der Waals surface area contributed by atoms with Gasteiger partial charge in [-0.1, -0.05) is 35.6 Å². The Labute approximate surface area is 198 Å². The number of halogens is 2. The summed E-state index contributed by atoms with van der Waals surface area (Å²) in [6.45, 7) is 1.44. The number of piperidine rings is 1. The first-order valence-electron chi connectivity index (χ1n) is 10.8. The molecule has 1 saturated heterocycles. The molecule has 1 amide bonds. The second-order valence-electron chi connectivity index (χ2n) is 8.17. The van der Waals surface area contributed by atoms with Gasteiger partial charge in [-0.15, -0.1) is 0 Å². The predicted octanol–water partition coefficient (Wildman–Crippen LogP) is 4.40. The number of rotatable bonds is 4. The van der Waals surface area contributed by atoms with Crippen LogP contribution in [-0.4, -0.2) is 35.0 Å². The van der Waals surface area contributed by atoms with Gasteiger partial charge in [0.05, 0.1) is 28.7 Å². The number of pyridine rings is 1. The first-order chi connectivity index (χ1) is 16.4. The van der Waals surface area contributed by atoms with Crippen LogP contribution in [0.3, 0.4) is 0 Å². The summed E-state index contributed by atoms with van der Waals surface area (Å²) in [5.74, 6) is -2.14. The summed E-state index contributed by atoms with van der Waals surface area (Å²) in [6, 6.07) is 11.2. The van der Waals surface area contributed by atoms with Gasteiger partial charge < -0.3 is 21.7 Å². The number of para-hydroxylation sites is 1. The van der Waals surface area contributed by atoms with E-state index >= 15 is 0 Å². The Bertz CT molecular complexity index is 1370. The maximum absolute atomic E-state index is 14.2.